The number of halogens is 3. The molecule has 168 valence electrons. The number of hydrogen-bond acceptors (Lipinski definition) is 3. The predicted octanol–water partition coefficient (Wildman–Crippen LogP) is 6.76. The van der Waals surface area contributed by atoms with Gasteiger partial charge < -0.3 is 14.2 Å². The van der Waals surface area contributed by atoms with Crippen molar-refractivity contribution in [1.29, 1.82) is 0 Å². The van der Waals surface area contributed by atoms with E-state index in [1.54, 1.807) is 12.1 Å². The van der Waals surface area contributed by atoms with Crippen LogP contribution in [-0.4, -0.2) is 26.1 Å². The number of rotatable bonds is 10. The highest BCUT2D eigenvalue weighted by atomic mass is 19.2. The number of ether oxygens (including phenoxy) is 3. The fourth-order valence-electron chi connectivity index (χ4n) is 3.65. The number of unbranched alkanes of at least 4 members (excludes halogenated alkanes) is 1. The molecule has 2 atom stereocenters. The molecule has 3 nitrogen and oxygen atoms in total. The van der Waals surface area contributed by atoms with Gasteiger partial charge >= 0.3 is 0 Å². The van der Waals surface area contributed by atoms with Gasteiger partial charge in [-0.05, 0) is 55.4 Å². The van der Waals surface area contributed by atoms with E-state index < -0.39 is 17.5 Å². The lowest BCUT2D eigenvalue weighted by Gasteiger charge is -2.29. The van der Waals surface area contributed by atoms with Crippen LogP contribution in [0.5, 0.6) is 5.75 Å². The second-order valence-electron chi connectivity index (χ2n) is 7.66. The Morgan fingerprint density at radius 2 is 1.94 bits per heavy atom. The van der Waals surface area contributed by atoms with Gasteiger partial charge in [-0.15, -0.1) is 6.58 Å². The normalized spacial score (nSPS) is 18.7. The summed E-state index contributed by atoms with van der Waals surface area (Å²) in [6.07, 6.45) is 5.15. The molecule has 1 saturated heterocycles. The standard InChI is InChI=1S/C25H29F3O3/c1-3-5-6-14-29-22-11-7-17(15-21(22)26)19-9-10-20(25(28)24(19)27)18-8-12-23(31-16-18)30-13-4-2/h3,7,9-11,15,18,23H,1,4-6,8,12-14,16H2,2H3. The molecule has 0 aromatic heterocycles. The van der Waals surface area contributed by atoms with Gasteiger partial charge in [0.15, 0.2) is 29.5 Å². The maximum atomic E-state index is 14.9. The Bertz CT molecular complexity index is 877. The van der Waals surface area contributed by atoms with Gasteiger partial charge in [-0.1, -0.05) is 31.2 Å². The third-order valence-electron chi connectivity index (χ3n) is 5.35. The zero-order valence-corrected chi connectivity index (χ0v) is 17.8. The van der Waals surface area contributed by atoms with Crippen molar-refractivity contribution in [1.82, 2.24) is 0 Å². The lowest BCUT2D eigenvalue weighted by molar-refractivity contribution is -0.167. The molecule has 2 aromatic carbocycles. The maximum Gasteiger partial charge on any atom is 0.166 e. The first-order valence-electron chi connectivity index (χ1n) is 10.8. The van der Waals surface area contributed by atoms with Gasteiger partial charge in [-0.2, -0.15) is 0 Å². The highest BCUT2D eigenvalue weighted by Gasteiger charge is 2.27. The number of hydrogen-bond donors (Lipinski definition) is 0. The van der Waals surface area contributed by atoms with Gasteiger partial charge in [-0.25, -0.2) is 13.2 Å². The average Bonchev–Trinajstić information content (AvgIpc) is 2.78. The summed E-state index contributed by atoms with van der Waals surface area (Å²) in [5, 5.41) is 0. The van der Waals surface area contributed by atoms with E-state index in [1.807, 2.05) is 6.92 Å². The van der Waals surface area contributed by atoms with Gasteiger partial charge in [-0.3, -0.25) is 0 Å². The second kappa shape index (κ2) is 11.3. The molecule has 0 spiro atoms. The lowest BCUT2D eigenvalue weighted by Crippen LogP contribution is -2.28. The number of benzene rings is 2. The lowest BCUT2D eigenvalue weighted by atomic mass is 9.90. The van der Waals surface area contributed by atoms with E-state index >= 15 is 0 Å². The van der Waals surface area contributed by atoms with Gasteiger partial charge in [0, 0.05) is 18.1 Å². The summed E-state index contributed by atoms with van der Waals surface area (Å²) in [4.78, 5) is 0. The van der Waals surface area contributed by atoms with E-state index in [-0.39, 0.29) is 41.3 Å². The van der Waals surface area contributed by atoms with E-state index in [9.17, 15) is 13.2 Å². The molecular formula is C25H29F3O3. The molecule has 3 rings (SSSR count). The Morgan fingerprint density at radius 1 is 1.10 bits per heavy atom. The van der Waals surface area contributed by atoms with Gasteiger partial charge in [0.25, 0.3) is 0 Å². The van der Waals surface area contributed by atoms with Crippen LogP contribution in [0.2, 0.25) is 0 Å². The van der Waals surface area contributed by atoms with Gasteiger partial charge in [0.1, 0.15) is 0 Å². The van der Waals surface area contributed by atoms with Crippen LogP contribution >= 0.6 is 0 Å². The van der Waals surface area contributed by atoms with Crippen molar-refractivity contribution >= 4 is 0 Å². The van der Waals surface area contributed by atoms with Crippen LogP contribution in [0.25, 0.3) is 11.1 Å². The molecule has 2 aromatic rings. The molecule has 0 N–H and O–H groups in total. The molecule has 0 saturated carbocycles. The Balaban J connectivity index is 1.70. The smallest absolute Gasteiger partial charge is 0.166 e. The molecule has 1 aliphatic rings. The topological polar surface area (TPSA) is 27.7 Å². The molecule has 31 heavy (non-hydrogen) atoms. The molecular weight excluding hydrogens is 405 g/mol. The zero-order chi connectivity index (χ0) is 22.2. The van der Waals surface area contributed by atoms with Crippen molar-refractivity contribution in [2.45, 2.75) is 51.2 Å². The largest absolute Gasteiger partial charge is 0.491 e. The Kier molecular flexibility index (Phi) is 8.55. The molecule has 2 unspecified atom stereocenters. The van der Waals surface area contributed by atoms with E-state index in [4.69, 9.17) is 14.2 Å². The highest BCUT2D eigenvalue weighted by molar-refractivity contribution is 5.66. The van der Waals surface area contributed by atoms with Crippen molar-refractivity contribution in [2.75, 3.05) is 19.8 Å². The van der Waals surface area contributed by atoms with Crippen LogP contribution < -0.4 is 4.74 Å². The molecule has 0 amide bonds. The fourth-order valence-corrected chi connectivity index (χ4v) is 3.65. The molecule has 1 aliphatic heterocycles. The molecule has 1 fully saturated rings. The van der Waals surface area contributed by atoms with Crippen molar-refractivity contribution in [3.63, 3.8) is 0 Å². The third kappa shape index (κ3) is 5.89. The first-order valence-corrected chi connectivity index (χ1v) is 10.8. The quantitative estimate of drug-likeness (QED) is 0.305. The minimum Gasteiger partial charge on any atom is -0.491 e. The van der Waals surface area contributed by atoms with E-state index in [2.05, 4.69) is 6.58 Å². The van der Waals surface area contributed by atoms with Crippen molar-refractivity contribution in [3.05, 3.63) is 66.0 Å². The van der Waals surface area contributed by atoms with Crippen molar-refractivity contribution in [3.8, 4) is 16.9 Å². The molecule has 0 aliphatic carbocycles. The Morgan fingerprint density at radius 3 is 2.61 bits per heavy atom. The maximum absolute atomic E-state index is 14.9. The fraction of sp³-hybridized carbons (Fsp3) is 0.440. The second-order valence-corrected chi connectivity index (χ2v) is 7.66. The van der Waals surface area contributed by atoms with E-state index in [1.165, 1.54) is 24.3 Å². The van der Waals surface area contributed by atoms with Gasteiger partial charge in [0.2, 0.25) is 0 Å². The molecule has 0 bridgehead atoms. The van der Waals surface area contributed by atoms with E-state index in [0.717, 1.165) is 19.3 Å². The summed E-state index contributed by atoms with van der Waals surface area (Å²) >= 11 is 0. The summed E-state index contributed by atoms with van der Waals surface area (Å²) in [6.45, 7) is 6.88. The number of allylic oxidation sites excluding steroid dienone is 1. The minimum atomic E-state index is -0.985. The molecule has 6 heteroatoms. The highest BCUT2D eigenvalue weighted by Crippen LogP contribution is 2.35. The summed E-state index contributed by atoms with van der Waals surface area (Å²) in [5.74, 6) is -2.67. The van der Waals surface area contributed by atoms with Crippen LogP contribution in [-0.2, 0) is 9.47 Å². The van der Waals surface area contributed by atoms with Crippen molar-refractivity contribution in [2.24, 2.45) is 0 Å². The summed E-state index contributed by atoms with van der Waals surface area (Å²) < 4.78 is 60.7. The van der Waals surface area contributed by atoms with E-state index in [0.29, 0.717) is 26.1 Å². The van der Waals surface area contributed by atoms with Crippen LogP contribution in [0.15, 0.2) is 43.0 Å². The molecule has 0 radical (unpaired) electrons. The SMILES string of the molecule is C=CCCCOc1ccc(-c2ccc(C3CCC(OCCC)OC3)c(F)c2F)cc1F. The van der Waals surface area contributed by atoms with Crippen molar-refractivity contribution < 1.29 is 27.4 Å². The van der Waals surface area contributed by atoms with Gasteiger partial charge in [0.05, 0.1) is 13.2 Å². The Hall–Kier alpha value is -2.31. The summed E-state index contributed by atoms with van der Waals surface area (Å²) in [5.41, 5.74) is 0.545. The molecule has 1 heterocycles. The summed E-state index contributed by atoms with van der Waals surface area (Å²) in [6, 6.07) is 7.19. The first-order chi connectivity index (χ1) is 15.0. The minimum absolute atomic E-state index is 0.0132. The van der Waals surface area contributed by atoms with Crippen LogP contribution in [0, 0.1) is 17.5 Å². The first kappa shape index (κ1) is 23.4. The van der Waals surface area contributed by atoms with Crippen LogP contribution in [0.4, 0.5) is 13.2 Å². The van der Waals surface area contributed by atoms with Crippen LogP contribution in [0.3, 0.4) is 0 Å². The van der Waals surface area contributed by atoms with Crippen LogP contribution in [0.1, 0.15) is 50.5 Å². The zero-order valence-electron chi connectivity index (χ0n) is 17.8. The summed E-state index contributed by atoms with van der Waals surface area (Å²) in [7, 11) is 0. The third-order valence-corrected chi connectivity index (χ3v) is 5.35. The average molecular weight is 434 g/mol. The predicted molar refractivity (Wildman–Crippen MR) is 115 cm³/mol. The Labute approximate surface area is 181 Å². The monoisotopic (exact) mass is 434 g/mol.